The van der Waals surface area contributed by atoms with Crippen molar-refractivity contribution >= 4 is 45.6 Å². The Bertz CT molecular complexity index is 1320. The Hall–Kier alpha value is -2.54. The zero-order chi connectivity index (χ0) is 26.0. The lowest BCUT2D eigenvalue weighted by Crippen LogP contribution is -2.28. The van der Waals surface area contributed by atoms with Crippen molar-refractivity contribution in [2.45, 2.75) is 51.6 Å². The number of hydrogen-bond acceptors (Lipinski definition) is 7. The smallest absolute Gasteiger partial charge is 0.235 e. The van der Waals surface area contributed by atoms with E-state index in [1.54, 1.807) is 36.6 Å². The fourth-order valence-corrected chi connectivity index (χ4v) is 6.75. The normalized spacial score (nSPS) is 15.3. The second kappa shape index (κ2) is 10.8. The highest BCUT2D eigenvalue weighted by Crippen LogP contribution is 2.45. The van der Waals surface area contributed by atoms with Crippen molar-refractivity contribution < 1.29 is 9.53 Å². The largest absolute Gasteiger partial charge is 0.496 e. The minimum atomic E-state index is -0.176. The van der Waals surface area contributed by atoms with Crippen LogP contribution in [0.4, 0.5) is 5.00 Å². The molecule has 7 nitrogen and oxygen atoms in total. The van der Waals surface area contributed by atoms with Gasteiger partial charge in [0.25, 0.3) is 0 Å². The highest BCUT2D eigenvalue weighted by Gasteiger charge is 2.34. The van der Waals surface area contributed by atoms with Gasteiger partial charge in [-0.1, -0.05) is 50.6 Å². The second-order valence-corrected chi connectivity index (χ2v) is 12.1. The third-order valence-electron chi connectivity index (χ3n) is 7.22. The topological polar surface area (TPSA) is 92.8 Å². The zero-order valence-corrected chi connectivity index (χ0v) is 23.5. The number of amides is 1. The van der Waals surface area contributed by atoms with E-state index in [2.05, 4.69) is 42.4 Å². The van der Waals surface area contributed by atoms with Crippen LogP contribution in [0.25, 0.3) is 11.4 Å². The van der Waals surface area contributed by atoms with E-state index in [9.17, 15) is 10.1 Å². The van der Waals surface area contributed by atoms with Crippen LogP contribution < -0.4 is 10.1 Å². The number of thiophene rings is 1. The van der Waals surface area contributed by atoms with Crippen LogP contribution in [0.15, 0.2) is 23.4 Å². The van der Waals surface area contributed by atoms with E-state index in [-0.39, 0.29) is 17.1 Å². The summed E-state index contributed by atoms with van der Waals surface area (Å²) in [4.78, 5) is 14.1. The first-order chi connectivity index (χ1) is 17.2. The molecular formula is C26H30ClN5O2S2. The molecule has 0 spiro atoms. The molecule has 0 saturated heterocycles. The van der Waals surface area contributed by atoms with Crippen molar-refractivity contribution in [3.8, 4) is 23.2 Å². The van der Waals surface area contributed by atoms with Crippen LogP contribution in [0.3, 0.4) is 0 Å². The summed E-state index contributed by atoms with van der Waals surface area (Å²) in [5.41, 5.74) is 2.72. The molecular weight excluding hydrogens is 514 g/mol. The number of anilines is 1. The number of carbonyl (C=O) groups excluding carboxylic acids is 1. The van der Waals surface area contributed by atoms with E-state index >= 15 is 0 Å². The van der Waals surface area contributed by atoms with Crippen LogP contribution in [-0.4, -0.2) is 33.5 Å². The number of aromatic nitrogens is 3. The zero-order valence-electron chi connectivity index (χ0n) is 21.1. The molecule has 1 aromatic carbocycles. The number of carbonyl (C=O) groups is 1. The van der Waals surface area contributed by atoms with Crippen molar-refractivity contribution in [2.75, 3.05) is 18.2 Å². The van der Waals surface area contributed by atoms with Gasteiger partial charge in [0.15, 0.2) is 11.0 Å². The summed E-state index contributed by atoms with van der Waals surface area (Å²) < 4.78 is 7.25. The molecule has 2 aromatic heterocycles. The first kappa shape index (κ1) is 26.5. The van der Waals surface area contributed by atoms with Gasteiger partial charge in [-0.2, -0.15) is 5.26 Å². The highest BCUT2D eigenvalue weighted by molar-refractivity contribution is 7.99. The van der Waals surface area contributed by atoms with Crippen molar-refractivity contribution in [1.82, 2.24) is 14.8 Å². The molecule has 0 radical (unpaired) electrons. The summed E-state index contributed by atoms with van der Waals surface area (Å²) in [5.74, 6) is 1.80. The molecule has 1 aliphatic carbocycles. The monoisotopic (exact) mass is 543 g/mol. The standard InChI is InChI=1S/C26H30ClN5O2S2/c1-6-26(2,3)15-7-9-17-19(13-28)24(36-21(17)11-15)29-22(33)14-35-25-31-30-23(32(25)4)18-12-16(27)8-10-20(18)34-5/h8,10,12,15H,6-7,9,11,14H2,1-5H3,(H,29,33). The van der Waals surface area contributed by atoms with Crippen molar-refractivity contribution in [2.24, 2.45) is 18.4 Å². The quantitative estimate of drug-likeness (QED) is 0.333. The molecule has 1 amide bonds. The maximum Gasteiger partial charge on any atom is 0.235 e. The maximum absolute atomic E-state index is 12.8. The molecule has 2 heterocycles. The molecule has 1 atom stereocenters. The van der Waals surface area contributed by atoms with Crippen LogP contribution in [0.5, 0.6) is 5.75 Å². The fraction of sp³-hybridized carbons (Fsp3) is 0.462. The van der Waals surface area contributed by atoms with Crippen LogP contribution in [-0.2, 0) is 24.7 Å². The molecule has 4 rings (SSSR count). The number of benzene rings is 1. The minimum absolute atomic E-state index is 0.150. The number of nitriles is 1. The molecule has 0 aliphatic heterocycles. The Morgan fingerprint density at radius 2 is 2.19 bits per heavy atom. The molecule has 0 saturated carbocycles. The van der Waals surface area contributed by atoms with Gasteiger partial charge >= 0.3 is 0 Å². The Morgan fingerprint density at radius 1 is 1.42 bits per heavy atom. The van der Waals surface area contributed by atoms with E-state index in [0.717, 1.165) is 36.8 Å². The number of thioether (sulfide) groups is 1. The Morgan fingerprint density at radius 3 is 2.89 bits per heavy atom. The number of hydrogen-bond donors (Lipinski definition) is 1. The van der Waals surface area contributed by atoms with Crippen molar-refractivity contribution in [1.29, 1.82) is 5.26 Å². The molecule has 36 heavy (non-hydrogen) atoms. The summed E-state index contributed by atoms with van der Waals surface area (Å²) in [6.07, 6.45) is 4.06. The first-order valence-corrected chi connectivity index (χ1v) is 14.1. The van der Waals surface area contributed by atoms with Crippen LogP contribution in [0.1, 0.15) is 49.6 Å². The van der Waals surface area contributed by atoms with Crippen molar-refractivity contribution in [3.05, 3.63) is 39.2 Å². The lowest BCUT2D eigenvalue weighted by Gasteiger charge is -2.36. The average Bonchev–Trinajstić information content (AvgIpc) is 3.41. The number of nitrogens with zero attached hydrogens (tertiary/aromatic N) is 4. The van der Waals surface area contributed by atoms with Gasteiger partial charge in [0.05, 0.1) is 24.0 Å². The van der Waals surface area contributed by atoms with Crippen LogP contribution in [0.2, 0.25) is 5.02 Å². The van der Waals surface area contributed by atoms with E-state index in [0.29, 0.717) is 38.2 Å². The molecule has 10 heteroatoms. The van der Waals surface area contributed by atoms with Gasteiger partial charge in [0.2, 0.25) is 5.91 Å². The van der Waals surface area contributed by atoms with E-state index in [4.69, 9.17) is 16.3 Å². The summed E-state index contributed by atoms with van der Waals surface area (Å²) >= 11 is 9.01. The first-order valence-electron chi connectivity index (χ1n) is 11.9. The van der Waals surface area contributed by atoms with Gasteiger partial charge in [-0.3, -0.25) is 4.79 Å². The lowest BCUT2D eigenvalue weighted by molar-refractivity contribution is -0.113. The third-order valence-corrected chi connectivity index (χ3v) is 9.64. The lowest BCUT2D eigenvalue weighted by atomic mass is 9.69. The molecule has 0 bridgehead atoms. The molecule has 1 unspecified atom stereocenters. The maximum atomic E-state index is 12.8. The highest BCUT2D eigenvalue weighted by atomic mass is 35.5. The average molecular weight is 544 g/mol. The molecule has 1 N–H and O–H groups in total. The summed E-state index contributed by atoms with van der Waals surface area (Å²) in [6, 6.07) is 7.65. The number of ether oxygens (including phenoxy) is 1. The van der Waals surface area contributed by atoms with Gasteiger partial charge in [-0.15, -0.1) is 21.5 Å². The van der Waals surface area contributed by atoms with Crippen molar-refractivity contribution in [3.63, 3.8) is 0 Å². The second-order valence-electron chi connectivity index (χ2n) is 9.65. The fourth-order valence-electron chi connectivity index (χ4n) is 4.57. The van der Waals surface area contributed by atoms with E-state index in [1.807, 2.05) is 11.6 Å². The third kappa shape index (κ3) is 5.26. The number of methoxy groups -OCH3 is 1. The molecule has 3 aromatic rings. The van der Waals surface area contributed by atoms with Gasteiger partial charge in [0, 0.05) is 16.9 Å². The van der Waals surface area contributed by atoms with Gasteiger partial charge < -0.3 is 14.6 Å². The van der Waals surface area contributed by atoms with Crippen LogP contribution in [0, 0.1) is 22.7 Å². The SMILES string of the molecule is CCC(C)(C)C1CCc2c(sc(NC(=O)CSc3nnc(-c4cc(Cl)ccc4OC)n3C)c2C#N)C1. The number of nitrogens with one attached hydrogen (secondary N) is 1. The predicted octanol–water partition coefficient (Wildman–Crippen LogP) is 6.35. The number of fused-ring (bicyclic) bond motifs is 1. The van der Waals surface area contributed by atoms with Gasteiger partial charge in [-0.05, 0) is 54.4 Å². The molecule has 0 fully saturated rings. The summed E-state index contributed by atoms with van der Waals surface area (Å²) in [6.45, 7) is 6.88. The van der Waals surface area contributed by atoms with Crippen LogP contribution >= 0.6 is 34.7 Å². The van der Waals surface area contributed by atoms with Gasteiger partial charge in [0.1, 0.15) is 16.8 Å². The molecule has 190 valence electrons. The minimum Gasteiger partial charge on any atom is -0.496 e. The summed E-state index contributed by atoms with van der Waals surface area (Å²) in [7, 11) is 3.43. The Kier molecular flexibility index (Phi) is 7.98. The Labute approximate surface area is 225 Å². The van der Waals surface area contributed by atoms with E-state index in [1.165, 1.54) is 16.6 Å². The number of halogens is 1. The molecule has 1 aliphatic rings. The van der Waals surface area contributed by atoms with Gasteiger partial charge in [-0.25, -0.2) is 0 Å². The Balaban J connectivity index is 1.45. The summed E-state index contributed by atoms with van der Waals surface area (Å²) in [5, 5.41) is 23.2. The number of rotatable bonds is 8. The van der Waals surface area contributed by atoms with E-state index < -0.39 is 0 Å². The predicted molar refractivity (Wildman–Crippen MR) is 146 cm³/mol.